The number of hydrogen-bond acceptors (Lipinski definition) is 2. The highest BCUT2D eigenvalue weighted by atomic mass is 79.9. The predicted molar refractivity (Wildman–Crippen MR) is 47.5 cm³/mol. The van der Waals surface area contributed by atoms with Crippen molar-refractivity contribution in [1.82, 2.24) is 3.45 Å². The van der Waals surface area contributed by atoms with Crippen molar-refractivity contribution in [2.24, 2.45) is 5.92 Å². The molecule has 11 heavy (non-hydrogen) atoms. The highest BCUT2D eigenvalue weighted by Gasteiger charge is 2.23. The Kier molecular flexibility index (Phi) is 5.04. The van der Waals surface area contributed by atoms with Gasteiger partial charge in [0.15, 0.2) is 0 Å². The maximum absolute atomic E-state index is 10.5. The topological polar surface area (TPSA) is 40.5 Å². The van der Waals surface area contributed by atoms with Crippen LogP contribution in [0.2, 0.25) is 0 Å². The van der Waals surface area contributed by atoms with Gasteiger partial charge >= 0.3 is 5.97 Å². The maximum Gasteiger partial charge on any atom is 0.323 e. The van der Waals surface area contributed by atoms with Crippen LogP contribution in [0.5, 0.6) is 0 Å². The normalized spacial score (nSPS) is 14.0. The number of carboxylic acid groups (broad SMARTS) is 1. The Bertz CT molecular complexity index is 141. The molecule has 0 aliphatic carbocycles. The highest BCUT2D eigenvalue weighted by Crippen LogP contribution is 2.17. The second-order valence-corrected chi connectivity index (χ2v) is 4.28. The molecule has 0 rings (SSSR count). The number of rotatable bonds is 4. The maximum atomic E-state index is 10.5. The van der Waals surface area contributed by atoms with Crippen LogP contribution in [-0.4, -0.2) is 20.6 Å². The number of carboxylic acids is 1. The van der Waals surface area contributed by atoms with E-state index >= 15 is 0 Å². The zero-order chi connectivity index (χ0) is 9.02. The Labute approximate surface area is 79.8 Å². The van der Waals surface area contributed by atoms with E-state index in [1.54, 1.807) is 0 Å². The SMILES string of the molecule is CC(C)C[C@@H](C(=O)O)N(Cl)Br. The summed E-state index contributed by atoms with van der Waals surface area (Å²) in [6.07, 6.45) is 0.532. The number of nitrogens with zero attached hydrogens (tertiary/aromatic N) is 1. The van der Waals surface area contributed by atoms with E-state index in [1.807, 2.05) is 13.8 Å². The molecular weight excluding hydrogens is 233 g/mol. The molecule has 3 nitrogen and oxygen atoms in total. The minimum Gasteiger partial charge on any atom is -0.480 e. The third-order valence-electron chi connectivity index (χ3n) is 1.22. The van der Waals surface area contributed by atoms with Crippen LogP contribution in [-0.2, 0) is 4.79 Å². The Balaban J connectivity index is 4.01. The molecule has 0 amide bonds. The molecule has 0 aromatic carbocycles. The van der Waals surface area contributed by atoms with E-state index in [0.29, 0.717) is 12.3 Å². The molecule has 0 unspecified atom stereocenters. The summed E-state index contributed by atoms with van der Waals surface area (Å²) in [6.45, 7) is 3.90. The molecule has 0 heterocycles. The Morgan fingerprint density at radius 3 is 2.27 bits per heavy atom. The minimum absolute atomic E-state index is 0.315. The summed E-state index contributed by atoms with van der Waals surface area (Å²) in [5.41, 5.74) is 0. The van der Waals surface area contributed by atoms with Gasteiger partial charge < -0.3 is 5.11 Å². The molecular formula is C6H11BrClNO2. The second-order valence-electron chi connectivity index (χ2n) is 2.74. The summed E-state index contributed by atoms with van der Waals surface area (Å²) in [5.74, 6) is -0.597. The average Bonchev–Trinajstić information content (AvgIpc) is 1.81. The van der Waals surface area contributed by atoms with Gasteiger partial charge in [0.05, 0.1) is 0 Å². The van der Waals surface area contributed by atoms with Gasteiger partial charge in [0, 0.05) is 16.1 Å². The molecule has 0 bridgehead atoms. The second kappa shape index (κ2) is 4.95. The molecule has 0 aliphatic rings. The summed E-state index contributed by atoms with van der Waals surface area (Å²) in [5, 5.41) is 8.64. The van der Waals surface area contributed by atoms with Crippen LogP contribution in [0, 0.1) is 5.92 Å². The average molecular weight is 245 g/mol. The quantitative estimate of drug-likeness (QED) is 0.771. The lowest BCUT2D eigenvalue weighted by Crippen LogP contribution is -2.30. The smallest absolute Gasteiger partial charge is 0.323 e. The number of halogens is 2. The van der Waals surface area contributed by atoms with Gasteiger partial charge in [0.1, 0.15) is 6.04 Å². The van der Waals surface area contributed by atoms with Crippen LogP contribution >= 0.6 is 27.9 Å². The van der Waals surface area contributed by atoms with E-state index in [9.17, 15) is 4.79 Å². The molecule has 66 valence electrons. The van der Waals surface area contributed by atoms with E-state index in [0.717, 1.165) is 3.45 Å². The molecule has 1 atom stereocenters. The molecule has 0 aromatic heterocycles. The van der Waals surface area contributed by atoms with E-state index < -0.39 is 12.0 Å². The Morgan fingerprint density at radius 2 is 2.18 bits per heavy atom. The summed E-state index contributed by atoms with van der Waals surface area (Å²) < 4.78 is 1.02. The third-order valence-corrected chi connectivity index (χ3v) is 1.95. The van der Waals surface area contributed by atoms with Gasteiger partial charge in [0.25, 0.3) is 0 Å². The van der Waals surface area contributed by atoms with Gasteiger partial charge in [-0.1, -0.05) is 13.8 Å². The van der Waals surface area contributed by atoms with Crippen molar-refractivity contribution in [3.05, 3.63) is 0 Å². The fraction of sp³-hybridized carbons (Fsp3) is 0.833. The molecule has 0 saturated carbocycles. The first-order valence-corrected chi connectivity index (χ1v) is 4.33. The number of hydrogen-bond donors (Lipinski definition) is 1. The monoisotopic (exact) mass is 243 g/mol. The Hall–Kier alpha value is 0.200. The number of aliphatic carboxylic acids is 1. The largest absolute Gasteiger partial charge is 0.480 e. The fourth-order valence-electron chi connectivity index (χ4n) is 0.711. The van der Waals surface area contributed by atoms with Gasteiger partial charge in [-0.2, -0.15) is 0 Å². The zero-order valence-corrected chi connectivity index (χ0v) is 8.76. The molecule has 0 aliphatic heterocycles. The molecule has 5 heteroatoms. The van der Waals surface area contributed by atoms with Gasteiger partial charge in [-0.05, 0) is 24.1 Å². The molecule has 0 saturated heterocycles. The molecule has 0 spiro atoms. The zero-order valence-electron chi connectivity index (χ0n) is 6.42. The van der Waals surface area contributed by atoms with Gasteiger partial charge in [-0.25, -0.2) is 0 Å². The molecule has 0 aromatic rings. The van der Waals surface area contributed by atoms with Crippen LogP contribution in [0.3, 0.4) is 0 Å². The molecule has 0 radical (unpaired) electrons. The van der Waals surface area contributed by atoms with Crippen molar-refractivity contribution in [3.63, 3.8) is 0 Å². The van der Waals surface area contributed by atoms with Crippen LogP contribution in [0.15, 0.2) is 0 Å². The summed E-state index contributed by atoms with van der Waals surface area (Å²) in [4.78, 5) is 10.5. The van der Waals surface area contributed by atoms with Crippen LogP contribution in [0.4, 0.5) is 0 Å². The predicted octanol–water partition coefficient (Wildman–Crippen LogP) is 2.25. The van der Waals surface area contributed by atoms with Crippen molar-refractivity contribution < 1.29 is 9.90 Å². The summed E-state index contributed by atoms with van der Waals surface area (Å²) >= 11 is 8.34. The van der Waals surface area contributed by atoms with Crippen molar-refractivity contribution in [2.75, 3.05) is 0 Å². The minimum atomic E-state index is -0.912. The lowest BCUT2D eigenvalue weighted by Gasteiger charge is -2.16. The van der Waals surface area contributed by atoms with Crippen molar-refractivity contribution in [1.29, 1.82) is 0 Å². The fourth-order valence-corrected chi connectivity index (χ4v) is 1.22. The van der Waals surface area contributed by atoms with Gasteiger partial charge in [0.2, 0.25) is 0 Å². The third kappa shape index (κ3) is 4.61. The van der Waals surface area contributed by atoms with Gasteiger partial charge in [-0.15, -0.1) is 3.45 Å². The lowest BCUT2D eigenvalue weighted by molar-refractivity contribution is -0.140. The van der Waals surface area contributed by atoms with Crippen LogP contribution < -0.4 is 0 Å². The standard InChI is InChI=1S/C6H11BrClNO2/c1-4(2)3-5(6(10)11)9(7)8/h4-5H,3H2,1-2H3,(H,10,11)/t5-/m0/s1. The summed E-state index contributed by atoms with van der Waals surface area (Å²) in [6, 6.07) is -0.656. The van der Waals surface area contributed by atoms with E-state index in [2.05, 4.69) is 16.1 Å². The highest BCUT2D eigenvalue weighted by molar-refractivity contribution is 9.08. The Morgan fingerprint density at radius 1 is 1.73 bits per heavy atom. The van der Waals surface area contributed by atoms with Crippen molar-refractivity contribution >= 4 is 33.9 Å². The molecule has 0 fully saturated rings. The summed E-state index contributed by atoms with van der Waals surface area (Å²) in [7, 11) is 0. The number of carbonyl (C=O) groups is 1. The van der Waals surface area contributed by atoms with Gasteiger partial charge in [-0.3, -0.25) is 4.79 Å². The van der Waals surface area contributed by atoms with Crippen LogP contribution in [0.1, 0.15) is 20.3 Å². The first-order valence-electron chi connectivity index (χ1n) is 3.28. The molecule has 1 N–H and O–H groups in total. The van der Waals surface area contributed by atoms with Crippen molar-refractivity contribution in [3.8, 4) is 0 Å². The van der Waals surface area contributed by atoms with Crippen molar-refractivity contribution in [2.45, 2.75) is 26.3 Å². The lowest BCUT2D eigenvalue weighted by atomic mass is 10.1. The first kappa shape index (κ1) is 11.2. The van der Waals surface area contributed by atoms with E-state index in [4.69, 9.17) is 16.9 Å². The first-order chi connectivity index (χ1) is 4.95. The van der Waals surface area contributed by atoms with E-state index in [-0.39, 0.29) is 0 Å². The van der Waals surface area contributed by atoms with E-state index in [1.165, 1.54) is 0 Å². The van der Waals surface area contributed by atoms with Crippen LogP contribution in [0.25, 0.3) is 0 Å².